The van der Waals surface area contributed by atoms with E-state index in [0.717, 1.165) is 11.0 Å². The smallest absolute Gasteiger partial charge is 0.255 e. The van der Waals surface area contributed by atoms with E-state index in [4.69, 9.17) is 0 Å². The molecule has 0 aliphatic heterocycles. The third kappa shape index (κ3) is 4.47. The maximum atomic E-state index is 11.9. The zero-order chi connectivity index (χ0) is 15.3. The number of nitrogens with one attached hydrogen (secondary N) is 1. The molecule has 21 heavy (non-hydrogen) atoms. The van der Waals surface area contributed by atoms with E-state index in [0.29, 0.717) is 0 Å². The van der Waals surface area contributed by atoms with Crippen LogP contribution in [0, 0.1) is 0 Å². The van der Waals surface area contributed by atoms with Crippen LogP contribution in [-0.2, 0) is 10.0 Å². The van der Waals surface area contributed by atoms with Crippen molar-refractivity contribution in [3.63, 3.8) is 0 Å². The predicted molar refractivity (Wildman–Crippen MR) is 78.8 cm³/mol. The van der Waals surface area contributed by atoms with Crippen molar-refractivity contribution < 1.29 is 18.3 Å². The Labute approximate surface area is 122 Å². The molecule has 0 radical (unpaired) electrons. The number of anilines is 1. The highest BCUT2D eigenvalue weighted by Gasteiger charge is 2.05. The Kier molecular flexibility index (Phi) is 4.39. The van der Waals surface area contributed by atoms with Crippen molar-refractivity contribution in [2.24, 2.45) is 0 Å². The number of carbonyl (C=O) groups is 1. The van der Waals surface area contributed by atoms with Crippen LogP contribution in [0.1, 0.15) is 15.9 Å². The first-order chi connectivity index (χ1) is 9.96. The maximum Gasteiger partial charge on any atom is 0.255 e. The number of hydrogen-bond acceptors (Lipinski definition) is 4. The number of sulfonamides is 1. The molecule has 2 aromatic carbocycles. The molecule has 0 bridgehead atoms. The van der Waals surface area contributed by atoms with Crippen LogP contribution in [0.15, 0.2) is 60.0 Å². The van der Waals surface area contributed by atoms with Gasteiger partial charge < -0.3 is 9.90 Å². The van der Waals surface area contributed by atoms with Gasteiger partial charge in [0.1, 0.15) is 0 Å². The number of benzene rings is 2. The first-order valence-corrected chi connectivity index (χ1v) is 7.58. The number of carboxylic acid groups (broad SMARTS) is 1. The summed E-state index contributed by atoms with van der Waals surface area (Å²) in [5, 5.41) is 11.6. The van der Waals surface area contributed by atoms with Gasteiger partial charge in [-0.25, -0.2) is 8.42 Å². The summed E-state index contributed by atoms with van der Waals surface area (Å²) in [5.74, 6) is -1.31. The average molecular weight is 302 g/mol. The van der Waals surface area contributed by atoms with Crippen molar-refractivity contribution in [1.82, 2.24) is 0 Å². The molecule has 0 aliphatic carbocycles. The van der Waals surface area contributed by atoms with Crippen LogP contribution in [0.2, 0.25) is 0 Å². The molecule has 0 aliphatic rings. The minimum absolute atomic E-state index is 0.0159. The van der Waals surface area contributed by atoms with Crippen LogP contribution >= 0.6 is 0 Å². The second kappa shape index (κ2) is 6.23. The fourth-order valence-corrected chi connectivity index (χ4v) is 2.47. The van der Waals surface area contributed by atoms with E-state index in [1.54, 1.807) is 24.3 Å². The lowest BCUT2D eigenvalue weighted by molar-refractivity contribution is -0.255. The Hall–Kier alpha value is -2.60. The van der Waals surface area contributed by atoms with Gasteiger partial charge in [-0.15, -0.1) is 0 Å². The minimum Gasteiger partial charge on any atom is -0.545 e. The Balaban J connectivity index is 2.10. The van der Waals surface area contributed by atoms with Gasteiger partial charge in [-0.3, -0.25) is 4.72 Å². The van der Waals surface area contributed by atoms with Crippen molar-refractivity contribution in [3.8, 4) is 0 Å². The first-order valence-electron chi connectivity index (χ1n) is 6.04. The van der Waals surface area contributed by atoms with Crippen LogP contribution in [-0.4, -0.2) is 14.4 Å². The lowest BCUT2D eigenvalue weighted by Gasteiger charge is -2.06. The van der Waals surface area contributed by atoms with Crippen molar-refractivity contribution in [3.05, 3.63) is 71.1 Å². The monoisotopic (exact) mass is 302 g/mol. The molecular weight excluding hydrogens is 290 g/mol. The normalized spacial score (nSPS) is 11.4. The Morgan fingerprint density at radius 2 is 1.62 bits per heavy atom. The number of carbonyl (C=O) groups excluding carboxylic acids is 1. The molecule has 0 amide bonds. The van der Waals surface area contributed by atoms with E-state index in [9.17, 15) is 18.3 Å². The second-order valence-electron chi connectivity index (χ2n) is 4.23. The van der Waals surface area contributed by atoms with Gasteiger partial charge in [0.25, 0.3) is 10.0 Å². The molecule has 0 heterocycles. The molecule has 0 saturated heterocycles. The maximum absolute atomic E-state index is 11.9. The van der Waals surface area contributed by atoms with Gasteiger partial charge >= 0.3 is 0 Å². The molecule has 0 unspecified atom stereocenters. The fourth-order valence-electron chi connectivity index (χ4n) is 1.60. The summed E-state index contributed by atoms with van der Waals surface area (Å²) in [6.07, 6.45) is 1.47. The van der Waals surface area contributed by atoms with Crippen molar-refractivity contribution in [2.45, 2.75) is 0 Å². The first kappa shape index (κ1) is 14.8. The van der Waals surface area contributed by atoms with Crippen molar-refractivity contribution in [2.75, 3.05) is 4.72 Å². The molecule has 0 spiro atoms. The molecule has 5 nitrogen and oxygen atoms in total. The van der Waals surface area contributed by atoms with Crippen molar-refractivity contribution in [1.29, 1.82) is 0 Å². The van der Waals surface area contributed by atoms with Crippen LogP contribution in [0.3, 0.4) is 0 Å². The number of hydrogen-bond donors (Lipinski definition) is 1. The third-order valence-corrected chi connectivity index (χ3v) is 3.63. The standard InChI is InChI=1S/C15H13NO4S/c17-15(18)13-6-8-14(9-7-13)16-21(19,20)11-10-12-4-2-1-3-5-12/h1-11,16H,(H,17,18)/p-1/b11-10+. The number of carboxylic acids is 1. The molecule has 2 rings (SSSR count). The zero-order valence-corrected chi connectivity index (χ0v) is 11.7. The minimum atomic E-state index is -3.66. The summed E-state index contributed by atoms with van der Waals surface area (Å²) in [5.41, 5.74) is 1.02. The second-order valence-corrected chi connectivity index (χ2v) is 5.79. The average Bonchev–Trinajstić information content (AvgIpc) is 2.46. The van der Waals surface area contributed by atoms with E-state index in [2.05, 4.69) is 4.72 Å². The SMILES string of the molecule is O=C([O-])c1ccc(NS(=O)(=O)/C=C/c2ccccc2)cc1. The summed E-state index contributed by atoms with van der Waals surface area (Å²) in [6, 6.07) is 14.3. The highest BCUT2D eigenvalue weighted by atomic mass is 32.2. The van der Waals surface area contributed by atoms with E-state index in [1.807, 2.05) is 6.07 Å². The Morgan fingerprint density at radius 1 is 1.00 bits per heavy atom. The van der Waals surface area contributed by atoms with Gasteiger partial charge in [0.05, 0.1) is 11.4 Å². The Morgan fingerprint density at radius 3 is 2.19 bits per heavy atom. The van der Waals surface area contributed by atoms with Gasteiger partial charge in [-0.2, -0.15) is 0 Å². The number of rotatable bonds is 5. The molecule has 108 valence electrons. The van der Waals surface area contributed by atoms with Gasteiger partial charge in [-0.1, -0.05) is 42.5 Å². The van der Waals surface area contributed by atoms with Gasteiger partial charge in [-0.05, 0) is 29.3 Å². The topological polar surface area (TPSA) is 86.3 Å². The molecule has 6 heteroatoms. The van der Waals surface area contributed by atoms with E-state index in [-0.39, 0.29) is 11.3 Å². The summed E-state index contributed by atoms with van der Waals surface area (Å²) < 4.78 is 26.1. The predicted octanol–water partition coefficient (Wildman–Crippen LogP) is 1.46. The quantitative estimate of drug-likeness (QED) is 0.906. The van der Waals surface area contributed by atoms with E-state index in [1.165, 1.54) is 30.3 Å². The Bertz CT molecular complexity index is 750. The molecule has 1 N–H and O–H groups in total. The summed E-state index contributed by atoms with van der Waals surface area (Å²) in [6.45, 7) is 0. The summed E-state index contributed by atoms with van der Waals surface area (Å²) >= 11 is 0. The number of aromatic carboxylic acids is 1. The largest absolute Gasteiger partial charge is 0.545 e. The lowest BCUT2D eigenvalue weighted by Crippen LogP contribution is -2.22. The molecule has 0 atom stereocenters. The van der Waals surface area contributed by atoms with Crippen LogP contribution < -0.4 is 9.83 Å². The molecule has 0 aromatic heterocycles. The zero-order valence-electron chi connectivity index (χ0n) is 10.9. The van der Waals surface area contributed by atoms with Gasteiger partial charge in [0.2, 0.25) is 0 Å². The summed E-state index contributed by atoms with van der Waals surface area (Å²) in [7, 11) is -3.66. The van der Waals surface area contributed by atoms with Gasteiger partial charge in [0.15, 0.2) is 0 Å². The molecule has 2 aromatic rings. The van der Waals surface area contributed by atoms with E-state index < -0.39 is 16.0 Å². The summed E-state index contributed by atoms with van der Waals surface area (Å²) in [4.78, 5) is 10.6. The van der Waals surface area contributed by atoms with Crippen LogP contribution in [0.25, 0.3) is 6.08 Å². The van der Waals surface area contributed by atoms with Crippen molar-refractivity contribution >= 4 is 27.8 Å². The van der Waals surface area contributed by atoms with Crippen LogP contribution in [0.4, 0.5) is 5.69 Å². The highest BCUT2D eigenvalue weighted by molar-refractivity contribution is 7.95. The lowest BCUT2D eigenvalue weighted by atomic mass is 10.2. The molecule has 0 saturated carbocycles. The van der Waals surface area contributed by atoms with E-state index >= 15 is 0 Å². The molecular formula is C15H12NO4S-. The van der Waals surface area contributed by atoms with Gasteiger partial charge in [0, 0.05) is 5.69 Å². The molecule has 0 fully saturated rings. The highest BCUT2D eigenvalue weighted by Crippen LogP contribution is 2.12. The van der Waals surface area contributed by atoms with Crippen LogP contribution in [0.5, 0.6) is 0 Å². The fraction of sp³-hybridized carbons (Fsp3) is 0. The third-order valence-electron chi connectivity index (χ3n) is 2.62.